The van der Waals surface area contributed by atoms with E-state index in [0.717, 1.165) is 11.3 Å². The summed E-state index contributed by atoms with van der Waals surface area (Å²) in [6.45, 7) is 7.03. The minimum absolute atomic E-state index is 0.0658. The number of imide groups is 1. The van der Waals surface area contributed by atoms with E-state index in [2.05, 4.69) is 31.4 Å². The summed E-state index contributed by atoms with van der Waals surface area (Å²) >= 11 is 0. The third-order valence-corrected chi connectivity index (χ3v) is 7.78. The van der Waals surface area contributed by atoms with Gasteiger partial charge in [0.05, 0.1) is 0 Å². The van der Waals surface area contributed by atoms with Gasteiger partial charge in [-0.1, -0.05) is 20.8 Å². The molecule has 1 spiro atoms. The molecule has 0 bridgehead atoms. The first kappa shape index (κ1) is 24.4. The normalized spacial score (nSPS) is 27.4. The number of nitrogens with one attached hydrogen (secondary N) is 2. The van der Waals surface area contributed by atoms with Crippen LogP contribution in [0.25, 0.3) is 0 Å². The molecule has 5 amide bonds. The summed E-state index contributed by atoms with van der Waals surface area (Å²) in [6.07, 6.45) is 3.18. The molecule has 1 aliphatic carbocycles. The highest BCUT2D eigenvalue weighted by Crippen LogP contribution is 2.46. The van der Waals surface area contributed by atoms with Crippen LogP contribution in [0.15, 0.2) is 18.2 Å². The largest absolute Gasteiger partial charge is 0.454 e. The van der Waals surface area contributed by atoms with Crippen LogP contribution >= 0.6 is 0 Å². The van der Waals surface area contributed by atoms with E-state index in [1.165, 1.54) is 0 Å². The molecule has 5 rings (SSSR count). The van der Waals surface area contributed by atoms with Gasteiger partial charge in [0, 0.05) is 30.8 Å². The van der Waals surface area contributed by atoms with Crippen LogP contribution in [-0.4, -0.2) is 65.5 Å². The number of nitrogens with zero attached hydrogens (tertiary/aromatic N) is 2. The predicted octanol–water partition coefficient (Wildman–Crippen LogP) is 2.73. The summed E-state index contributed by atoms with van der Waals surface area (Å²) in [7, 11) is 0. The molecule has 3 aliphatic heterocycles. The van der Waals surface area contributed by atoms with Crippen molar-refractivity contribution in [3.63, 3.8) is 0 Å². The molecular formula is C26H34N4O6. The number of hydrogen-bond acceptors (Lipinski definition) is 6. The highest BCUT2D eigenvalue weighted by Gasteiger charge is 2.56. The van der Waals surface area contributed by atoms with Crippen molar-refractivity contribution in [3.05, 3.63) is 18.2 Å². The van der Waals surface area contributed by atoms with Gasteiger partial charge in [0.15, 0.2) is 11.5 Å². The molecule has 36 heavy (non-hydrogen) atoms. The number of carbonyl (C=O) groups excluding carboxylic acids is 4. The second kappa shape index (κ2) is 8.97. The molecule has 3 heterocycles. The van der Waals surface area contributed by atoms with E-state index in [-0.39, 0.29) is 42.4 Å². The van der Waals surface area contributed by atoms with E-state index in [1.54, 1.807) is 23.1 Å². The molecule has 2 N–H and O–H groups in total. The number of carbonyl (C=O) groups is 4. The van der Waals surface area contributed by atoms with Gasteiger partial charge in [-0.3, -0.25) is 19.3 Å². The van der Waals surface area contributed by atoms with E-state index in [1.807, 2.05) is 0 Å². The van der Waals surface area contributed by atoms with E-state index >= 15 is 0 Å². The number of benzene rings is 1. The second-order valence-corrected chi connectivity index (χ2v) is 11.5. The Kier molecular flexibility index (Phi) is 6.08. The van der Waals surface area contributed by atoms with E-state index in [4.69, 9.17) is 9.47 Å². The highest BCUT2D eigenvalue weighted by atomic mass is 16.7. The number of anilines is 1. The maximum atomic E-state index is 13.3. The maximum Gasteiger partial charge on any atom is 0.325 e. The zero-order chi connectivity index (χ0) is 25.7. The van der Waals surface area contributed by atoms with Crippen LogP contribution in [0.2, 0.25) is 0 Å². The SMILES string of the molecule is C[C@@H]1CC(C)(C)C[C@@]2(C1)NC(=O)N(CC(=O)N1CCC(C(=O)Nc3ccc4c(c3)OCO4)CC1)C2=O. The van der Waals surface area contributed by atoms with Crippen LogP contribution in [-0.2, 0) is 14.4 Å². The highest BCUT2D eigenvalue weighted by molar-refractivity contribution is 6.09. The molecular weight excluding hydrogens is 464 g/mol. The van der Waals surface area contributed by atoms with Gasteiger partial charge in [-0.15, -0.1) is 0 Å². The number of hydrogen-bond donors (Lipinski definition) is 2. The Balaban J connectivity index is 1.14. The van der Waals surface area contributed by atoms with Crippen molar-refractivity contribution >= 4 is 29.4 Å². The van der Waals surface area contributed by atoms with Gasteiger partial charge in [-0.2, -0.15) is 0 Å². The number of piperidine rings is 1. The topological polar surface area (TPSA) is 117 Å². The van der Waals surface area contributed by atoms with Crippen molar-refractivity contribution in [3.8, 4) is 11.5 Å². The van der Waals surface area contributed by atoms with Crippen molar-refractivity contribution in [1.82, 2.24) is 15.1 Å². The van der Waals surface area contributed by atoms with E-state index < -0.39 is 11.6 Å². The molecule has 2 saturated heterocycles. The molecule has 10 nitrogen and oxygen atoms in total. The minimum Gasteiger partial charge on any atom is -0.454 e. The molecule has 3 fully saturated rings. The number of fused-ring (bicyclic) bond motifs is 1. The lowest BCUT2D eigenvalue weighted by atomic mass is 9.64. The van der Waals surface area contributed by atoms with Gasteiger partial charge in [-0.05, 0) is 55.6 Å². The van der Waals surface area contributed by atoms with Gasteiger partial charge in [0.25, 0.3) is 5.91 Å². The van der Waals surface area contributed by atoms with Crippen molar-refractivity contribution < 1.29 is 28.7 Å². The fourth-order valence-corrected chi connectivity index (χ4v) is 6.49. The summed E-state index contributed by atoms with van der Waals surface area (Å²) in [6, 6.07) is 4.77. The summed E-state index contributed by atoms with van der Waals surface area (Å²) in [4.78, 5) is 54.6. The minimum atomic E-state index is -0.918. The standard InChI is InChI=1S/C26H34N4O6/c1-16-11-25(2,3)14-26(12-16)23(33)30(24(34)28-26)13-21(31)29-8-6-17(7-9-29)22(32)27-18-4-5-19-20(10-18)36-15-35-19/h4-5,10,16-17H,6-9,11-15H2,1-3H3,(H,27,32)(H,28,34)/t16-,26-/m1/s1. The van der Waals surface area contributed by atoms with Crippen molar-refractivity contribution in [2.75, 3.05) is 31.7 Å². The fourth-order valence-electron chi connectivity index (χ4n) is 6.49. The lowest BCUT2D eigenvalue weighted by molar-refractivity contribution is -0.141. The van der Waals surface area contributed by atoms with Gasteiger partial charge >= 0.3 is 6.03 Å². The first-order valence-electron chi connectivity index (χ1n) is 12.7. The third kappa shape index (κ3) is 4.60. The van der Waals surface area contributed by atoms with Crippen LogP contribution in [0.4, 0.5) is 10.5 Å². The Morgan fingerprint density at radius 1 is 1.11 bits per heavy atom. The van der Waals surface area contributed by atoms with Crippen LogP contribution < -0.4 is 20.1 Å². The number of ether oxygens (including phenoxy) is 2. The molecule has 1 aromatic carbocycles. The van der Waals surface area contributed by atoms with Crippen molar-refractivity contribution in [2.45, 2.75) is 58.4 Å². The molecule has 10 heteroatoms. The monoisotopic (exact) mass is 498 g/mol. The molecule has 194 valence electrons. The molecule has 2 atom stereocenters. The van der Waals surface area contributed by atoms with Crippen LogP contribution in [0, 0.1) is 17.3 Å². The summed E-state index contributed by atoms with van der Waals surface area (Å²) < 4.78 is 10.6. The van der Waals surface area contributed by atoms with Crippen LogP contribution in [0.1, 0.15) is 52.9 Å². The van der Waals surface area contributed by atoms with Crippen LogP contribution in [0.5, 0.6) is 11.5 Å². The number of rotatable bonds is 4. The van der Waals surface area contributed by atoms with Gasteiger partial charge in [0.2, 0.25) is 18.6 Å². The summed E-state index contributed by atoms with van der Waals surface area (Å²) in [5.74, 6) is 0.652. The number of amides is 5. The average Bonchev–Trinajstić information content (AvgIpc) is 3.35. The van der Waals surface area contributed by atoms with Crippen LogP contribution in [0.3, 0.4) is 0 Å². The maximum absolute atomic E-state index is 13.3. The number of likely N-dealkylation sites (tertiary alicyclic amines) is 1. The Morgan fingerprint density at radius 3 is 2.56 bits per heavy atom. The van der Waals surface area contributed by atoms with Gasteiger partial charge < -0.3 is 25.0 Å². The summed E-state index contributed by atoms with van der Waals surface area (Å²) in [5.41, 5.74) is -0.349. The quantitative estimate of drug-likeness (QED) is 0.617. The fraction of sp³-hybridized carbons (Fsp3) is 0.615. The molecule has 0 radical (unpaired) electrons. The van der Waals surface area contributed by atoms with E-state index in [0.29, 0.717) is 61.9 Å². The lowest BCUT2D eigenvalue weighted by Crippen LogP contribution is -2.54. The molecule has 0 aromatic heterocycles. The smallest absolute Gasteiger partial charge is 0.325 e. The predicted molar refractivity (Wildman–Crippen MR) is 130 cm³/mol. The Morgan fingerprint density at radius 2 is 1.83 bits per heavy atom. The zero-order valence-electron chi connectivity index (χ0n) is 21.1. The number of urea groups is 1. The Hall–Kier alpha value is -3.30. The Labute approximate surface area is 210 Å². The van der Waals surface area contributed by atoms with Crippen molar-refractivity contribution in [1.29, 1.82) is 0 Å². The molecule has 4 aliphatic rings. The zero-order valence-corrected chi connectivity index (χ0v) is 21.1. The average molecular weight is 499 g/mol. The second-order valence-electron chi connectivity index (χ2n) is 11.5. The van der Waals surface area contributed by atoms with Gasteiger partial charge in [0.1, 0.15) is 12.1 Å². The molecule has 1 saturated carbocycles. The van der Waals surface area contributed by atoms with Gasteiger partial charge in [-0.25, -0.2) is 4.79 Å². The van der Waals surface area contributed by atoms with E-state index in [9.17, 15) is 19.2 Å². The first-order valence-corrected chi connectivity index (χ1v) is 12.7. The Bertz CT molecular complexity index is 1100. The molecule has 0 unspecified atom stereocenters. The summed E-state index contributed by atoms with van der Waals surface area (Å²) in [5, 5.41) is 5.84. The third-order valence-electron chi connectivity index (χ3n) is 7.78. The molecule has 1 aromatic rings. The van der Waals surface area contributed by atoms with Crippen molar-refractivity contribution in [2.24, 2.45) is 17.3 Å². The first-order chi connectivity index (χ1) is 17.1. The lowest BCUT2D eigenvalue weighted by Gasteiger charge is -2.43.